The summed E-state index contributed by atoms with van der Waals surface area (Å²) >= 11 is 0. The van der Waals surface area contributed by atoms with E-state index in [1.165, 1.54) is 0 Å². The molecule has 0 aromatic heterocycles. The SMILES string of the molecule is CCCNC(C)c1ccc2ccccc2c1OCCCF. The van der Waals surface area contributed by atoms with Crippen LogP contribution in [0.15, 0.2) is 36.4 Å². The zero-order valence-corrected chi connectivity index (χ0v) is 12.9. The Labute approximate surface area is 126 Å². The summed E-state index contributed by atoms with van der Waals surface area (Å²) in [4.78, 5) is 0. The lowest BCUT2D eigenvalue weighted by atomic mass is 10.0. The molecule has 2 nitrogen and oxygen atoms in total. The van der Waals surface area contributed by atoms with E-state index in [0.717, 1.165) is 35.1 Å². The minimum atomic E-state index is -0.344. The molecule has 0 aliphatic rings. The van der Waals surface area contributed by atoms with Crippen LogP contribution in [0, 0.1) is 0 Å². The van der Waals surface area contributed by atoms with Crippen molar-refractivity contribution in [3.63, 3.8) is 0 Å². The van der Waals surface area contributed by atoms with E-state index in [1.54, 1.807) is 0 Å². The molecule has 21 heavy (non-hydrogen) atoms. The number of nitrogens with one attached hydrogen (secondary N) is 1. The van der Waals surface area contributed by atoms with Crippen LogP contribution in [0.4, 0.5) is 4.39 Å². The average Bonchev–Trinajstić information content (AvgIpc) is 2.52. The Kier molecular flexibility index (Phi) is 6.00. The molecule has 1 N–H and O–H groups in total. The van der Waals surface area contributed by atoms with Crippen LogP contribution < -0.4 is 10.1 Å². The molecule has 0 aliphatic heterocycles. The molecule has 1 unspecified atom stereocenters. The number of alkyl halides is 1. The van der Waals surface area contributed by atoms with Crippen molar-refractivity contribution in [1.82, 2.24) is 5.32 Å². The minimum Gasteiger partial charge on any atom is -0.492 e. The molecule has 0 radical (unpaired) electrons. The van der Waals surface area contributed by atoms with E-state index in [4.69, 9.17) is 4.74 Å². The zero-order valence-electron chi connectivity index (χ0n) is 12.9. The van der Waals surface area contributed by atoms with Crippen molar-refractivity contribution in [2.24, 2.45) is 0 Å². The first-order valence-corrected chi connectivity index (χ1v) is 7.71. The summed E-state index contributed by atoms with van der Waals surface area (Å²) in [6, 6.07) is 12.6. The maximum atomic E-state index is 12.3. The molecule has 0 aliphatic carbocycles. The molecule has 0 saturated carbocycles. The number of hydrogen-bond acceptors (Lipinski definition) is 2. The van der Waals surface area contributed by atoms with Gasteiger partial charge >= 0.3 is 0 Å². The van der Waals surface area contributed by atoms with Crippen LogP contribution in [0.25, 0.3) is 10.8 Å². The van der Waals surface area contributed by atoms with Crippen LogP contribution in [0.1, 0.15) is 38.3 Å². The third-order valence-electron chi connectivity index (χ3n) is 3.60. The van der Waals surface area contributed by atoms with Gasteiger partial charge in [0.25, 0.3) is 0 Å². The van der Waals surface area contributed by atoms with Crippen molar-refractivity contribution < 1.29 is 9.13 Å². The molecule has 0 saturated heterocycles. The Hall–Kier alpha value is -1.61. The number of fused-ring (bicyclic) bond motifs is 1. The predicted molar refractivity (Wildman–Crippen MR) is 86.7 cm³/mol. The highest BCUT2D eigenvalue weighted by molar-refractivity contribution is 5.89. The van der Waals surface area contributed by atoms with Crippen molar-refractivity contribution in [2.45, 2.75) is 32.7 Å². The second kappa shape index (κ2) is 7.99. The molecule has 0 amide bonds. The van der Waals surface area contributed by atoms with Crippen LogP contribution in [-0.4, -0.2) is 19.8 Å². The van der Waals surface area contributed by atoms with Crippen LogP contribution in [0.3, 0.4) is 0 Å². The Morgan fingerprint density at radius 1 is 1.19 bits per heavy atom. The predicted octanol–water partition coefficient (Wildman–Crippen LogP) is 4.64. The van der Waals surface area contributed by atoms with Gasteiger partial charge in [0.1, 0.15) is 5.75 Å². The maximum Gasteiger partial charge on any atom is 0.131 e. The normalized spacial score (nSPS) is 12.5. The van der Waals surface area contributed by atoms with Gasteiger partial charge in [-0.05, 0) is 25.3 Å². The summed E-state index contributed by atoms with van der Waals surface area (Å²) < 4.78 is 18.3. The summed E-state index contributed by atoms with van der Waals surface area (Å²) in [5.74, 6) is 0.887. The fourth-order valence-corrected chi connectivity index (χ4v) is 2.46. The number of ether oxygens (including phenoxy) is 1. The third kappa shape index (κ3) is 3.94. The molecule has 3 heteroatoms. The molecule has 114 valence electrons. The molecule has 0 spiro atoms. The van der Waals surface area contributed by atoms with Gasteiger partial charge in [0.2, 0.25) is 0 Å². The molecule has 2 aromatic carbocycles. The van der Waals surface area contributed by atoms with E-state index >= 15 is 0 Å². The standard InChI is InChI=1S/C18H24FNO/c1-3-12-20-14(2)16-10-9-15-7-4-5-8-17(15)18(16)21-13-6-11-19/h4-5,7-10,14,20H,3,6,11-13H2,1-2H3. The minimum absolute atomic E-state index is 0.218. The highest BCUT2D eigenvalue weighted by Crippen LogP contribution is 2.33. The Morgan fingerprint density at radius 3 is 2.76 bits per heavy atom. The molecule has 0 heterocycles. The fourth-order valence-electron chi connectivity index (χ4n) is 2.46. The van der Waals surface area contributed by atoms with E-state index in [0.29, 0.717) is 13.0 Å². The Morgan fingerprint density at radius 2 is 2.00 bits per heavy atom. The van der Waals surface area contributed by atoms with Crippen LogP contribution in [0.2, 0.25) is 0 Å². The average molecular weight is 289 g/mol. The summed E-state index contributed by atoms with van der Waals surface area (Å²) in [6.07, 6.45) is 1.52. The first-order chi connectivity index (χ1) is 10.3. The highest BCUT2D eigenvalue weighted by atomic mass is 19.1. The number of hydrogen-bond donors (Lipinski definition) is 1. The topological polar surface area (TPSA) is 21.3 Å². The molecular weight excluding hydrogens is 265 g/mol. The van der Waals surface area contributed by atoms with Crippen molar-refractivity contribution in [1.29, 1.82) is 0 Å². The first kappa shape index (κ1) is 15.8. The molecule has 2 rings (SSSR count). The van der Waals surface area contributed by atoms with Crippen LogP contribution >= 0.6 is 0 Å². The highest BCUT2D eigenvalue weighted by Gasteiger charge is 2.14. The lowest BCUT2D eigenvalue weighted by Crippen LogP contribution is -2.20. The second-order valence-electron chi connectivity index (χ2n) is 5.27. The van der Waals surface area contributed by atoms with Crippen molar-refractivity contribution in [3.8, 4) is 5.75 Å². The summed E-state index contributed by atoms with van der Waals surface area (Å²) in [6.45, 7) is 5.33. The van der Waals surface area contributed by atoms with Gasteiger partial charge in [0.15, 0.2) is 0 Å². The van der Waals surface area contributed by atoms with E-state index in [2.05, 4.69) is 43.4 Å². The molecule has 1 atom stereocenters. The van der Waals surface area contributed by atoms with Gasteiger partial charge in [-0.2, -0.15) is 0 Å². The van der Waals surface area contributed by atoms with Gasteiger partial charge in [-0.1, -0.05) is 43.3 Å². The van der Waals surface area contributed by atoms with Gasteiger partial charge in [0, 0.05) is 23.4 Å². The Balaban J connectivity index is 2.35. The van der Waals surface area contributed by atoms with E-state index in [9.17, 15) is 4.39 Å². The first-order valence-electron chi connectivity index (χ1n) is 7.71. The maximum absolute atomic E-state index is 12.3. The van der Waals surface area contributed by atoms with Gasteiger partial charge in [0.05, 0.1) is 13.3 Å². The molecule has 0 bridgehead atoms. The second-order valence-corrected chi connectivity index (χ2v) is 5.27. The summed E-state index contributed by atoms with van der Waals surface area (Å²) in [5.41, 5.74) is 1.14. The van der Waals surface area contributed by atoms with Gasteiger partial charge in [-0.25, -0.2) is 0 Å². The largest absolute Gasteiger partial charge is 0.492 e. The molecule has 2 aromatic rings. The quantitative estimate of drug-likeness (QED) is 0.715. The van der Waals surface area contributed by atoms with E-state index in [-0.39, 0.29) is 12.7 Å². The lowest BCUT2D eigenvalue weighted by Gasteiger charge is -2.20. The zero-order chi connectivity index (χ0) is 15.1. The molecular formula is C18H24FNO. The van der Waals surface area contributed by atoms with E-state index in [1.807, 2.05) is 12.1 Å². The van der Waals surface area contributed by atoms with Gasteiger partial charge < -0.3 is 10.1 Å². The smallest absolute Gasteiger partial charge is 0.131 e. The van der Waals surface area contributed by atoms with Crippen molar-refractivity contribution >= 4 is 10.8 Å². The number of benzene rings is 2. The third-order valence-corrected chi connectivity index (χ3v) is 3.60. The van der Waals surface area contributed by atoms with Crippen LogP contribution in [0.5, 0.6) is 5.75 Å². The van der Waals surface area contributed by atoms with Gasteiger partial charge in [-0.3, -0.25) is 4.39 Å². The van der Waals surface area contributed by atoms with Crippen molar-refractivity contribution in [3.05, 3.63) is 42.0 Å². The lowest BCUT2D eigenvalue weighted by molar-refractivity contribution is 0.288. The van der Waals surface area contributed by atoms with Crippen molar-refractivity contribution in [2.75, 3.05) is 19.8 Å². The number of rotatable bonds is 8. The van der Waals surface area contributed by atoms with Gasteiger partial charge in [-0.15, -0.1) is 0 Å². The van der Waals surface area contributed by atoms with Crippen LogP contribution in [-0.2, 0) is 0 Å². The summed E-state index contributed by atoms with van der Waals surface area (Å²) in [7, 11) is 0. The number of halogens is 1. The Bertz CT molecular complexity index is 570. The monoisotopic (exact) mass is 289 g/mol. The summed E-state index contributed by atoms with van der Waals surface area (Å²) in [5, 5.41) is 5.74. The fraction of sp³-hybridized carbons (Fsp3) is 0.444. The molecule has 0 fully saturated rings. The van der Waals surface area contributed by atoms with E-state index < -0.39 is 0 Å².